The maximum atomic E-state index is 5.86. The number of anilines is 3. The molecule has 0 aliphatic rings. The molecule has 0 aromatic carbocycles. The van der Waals surface area contributed by atoms with Crippen molar-refractivity contribution in [2.75, 3.05) is 56.9 Å². The Morgan fingerprint density at radius 1 is 1.00 bits per heavy atom. The zero-order chi connectivity index (χ0) is 15.5. The van der Waals surface area contributed by atoms with E-state index in [2.05, 4.69) is 15.3 Å². The first-order chi connectivity index (χ1) is 10.2. The number of rotatable bonds is 11. The summed E-state index contributed by atoms with van der Waals surface area (Å²) in [5.41, 5.74) is 11.8. The van der Waals surface area contributed by atoms with Gasteiger partial charge in [-0.2, -0.15) is 9.97 Å². The van der Waals surface area contributed by atoms with E-state index in [4.69, 9.17) is 25.7 Å². The van der Waals surface area contributed by atoms with Crippen molar-refractivity contribution in [2.45, 2.75) is 19.8 Å². The summed E-state index contributed by atoms with van der Waals surface area (Å²) >= 11 is 0. The van der Waals surface area contributed by atoms with E-state index < -0.39 is 0 Å². The van der Waals surface area contributed by atoms with E-state index in [9.17, 15) is 0 Å². The van der Waals surface area contributed by atoms with Crippen molar-refractivity contribution in [3.05, 3.63) is 0 Å². The molecule has 0 atom stereocenters. The summed E-state index contributed by atoms with van der Waals surface area (Å²) in [5, 5.41) is 2.84. The van der Waals surface area contributed by atoms with E-state index >= 15 is 0 Å². The first-order valence-corrected chi connectivity index (χ1v) is 7.08. The fourth-order valence-corrected chi connectivity index (χ4v) is 1.61. The minimum absolute atomic E-state index is 0.121. The van der Waals surface area contributed by atoms with Crippen LogP contribution >= 0.6 is 0 Å². The molecule has 0 unspecified atom stereocenters. The fourth-order valence-electron chi connectivity index (χ4n) is 1.61. The van der Waals surface area contributed by atoms with Gasteiger partial charge in [0.1, 0.15) is 5.69 Å². The predicted octanol–water partition coefficient (Wildman–Crippen LogP) is 0.895. The number of nitrogens with one attached hydrogen (secondary N) is 1. The van der Waals surface area contributed by atoms with Gasteiger partial charge < -0.3 is 31.0 Å². The minimum Gasteiger partial charge on any atom is -0.476 e. The van der Waals surface area contributed by atoms with Crippen LogP contribution in [0.5, 0.6) is 5.88 Å². The van der Waals surface area contributed by atoms with Crippen LogP contribution < -0.4 is 21.5 Å². The molecule has 5 N–H and O–H groups in total. The Hall–Kier alpha value is -1.80. The highest BCUT2D eigenvalue weighted by molar-refractivity contribution is 5.68. The molecule has 21 heavy (non-hydrogen) atoms. The molecule has 8 heteroatoms. The van der Waals surface area contributed by atoms with Crippen molar-refractivity contribution in [2.24, 2.45) is 0 Å². The number of nitrogen functional groups attached to an aromatic ring is 2. The van der Waals surface area contributed by atoms with Gasteiger partial charge in [-0.15, -0.1) is 0 Å². The molecule has 1 aromatic rings. The molecule has 8 nitrogen and oxygen atoms in total. The Morgan fingerprint density at radius 3 is 2.33 bits per heavy atom. The van der Waals surface area contributed by atoms with Gasteiger partial charge in [-0.05, 0) is 13.3 Å². The van der Waals surface area contributed by atoms with Crippen LogP contribution in [0.2, 0.25) is 0 Å². The largest absolute Gasteiger partial charge is 0.476 e. The first kappa shape index (κ1) is 17.3. The number of hydrogen-bond donors (Lipinski definition) is 3. The molecule has 0 radical (unpaired) electrons. The molecular formula is C13H25N5O3. The lowest BCUT2D eigenvalue weighted by atomic mass is 10.4. The molecule has 1 rings (SSSR count). The Bertz CT molecular complexity index is 417. The van der Waals surface area contributed by atoms with Crippen LogP contribution in [0.25, 0.3) is 0 Å². The van der Waals surface area contributed by atoms with Gasteiger partial charge in [0.25, 0.3) is 0 Å². The number of hydrogen-bond acceptors (Lipinski definition) is 8. The third kappa shape index (κ3) is 6.46. The van der Waals surface area contributed by atoms with Crippen LogP contribution in [-0.4, -0.2) is 50.1 Å². The van der Waals surface area contributed by atoms with Crippen LogP contribution in [0.1, 0.15) is 19.8 Å². The Balaban J connectivity index is 2.20. The minimum atomic E-state index is 0.121. The van der Waals surface area contributed by atoms with Gasteiger partial charge in [-0.3, -0.25) is 0 Å². The molecule has 0 amide bonds. The second-order valence-corrected chi connectivity index (χ2v) is 4.26. The molecule has 1 heterocycles. The van der Waals surface area contributed by atoms with Crippen molar-refractivity contribution in [3.8, 4) is 5.88 Å². The van der Waals surface area contributed by atoms with Crippen molar-refractivity contribution < 1.29 is 14.2 Å². The molecular weight excluding hydrogens is 274 g/mol. The van der Waals surface area contributed by atoms with Crippen molar-refractivity contribution in [1.29, 1.82) is 0 Å². The highest BCUT2D eigenvalue weighted by atomic mass is 16.5. The molecule has 0 spiro atoms. The number of ether oxygens (including phenoxy) is 3. The maximum Gasteiger partial charge on any atom is 0.244 e. The fraction of sp³-hybridized carbons (Fsp3) is 0.692. The lowest BCUT2D eigenvalue weighted by Crippen LogP contribution is -2.10. The zero-order valence-corrected chi connectivity index (χ0v) is 12.7. The summed E-state index contributed by atoms with van der Waals surface area (Å²) in [6, 6.07) is 0. The monoisotopic (exact) mass is 299 g/mol. The topological polar surface area (TPSA) is 118 Å². The van der Waals surface area contributed by atoms with Crippen LogP contribution in [0.4, 0.5) is 17.5 Å². The highest BCUT2D eigenvalue weighted by Gasteiger charge is 2.10. The van der Waals surface area contributed by atoms with Gasteiger partial charge in [0.05, 0.1) is 6.61 Å². The molecule has 0 bridgehead atoms. The molecule has 0 aliphatic heterocycles. The average Bonchev–Trinajstić information content (AvgIpc) is 2.48. The summed E-state index contributed by atoms with van der Waals surface area (Å²) in [6.45, 7) is 5.21. The molecule has 120 valence electrons. The number of nitrogens with two attached hydrogens (primary N) is 2. The molecule has 0 saturated carbocycles. The number of aromatic nitrogens is 2. The van der Waals surface area contributed by atoms with Crippen molar-refractivity contribution >= 4 is 17.5 Å². The third-order valence-corrected chi connectivity index (χ3v) is 2.62. The SMILES string of the molecule is CCOCCCOCCCOc1nc(N)nc(NC)c1N. The van der Waals surface area contributed by atoms with Crippen molar-refractivity contribution in [3.63, 3.8) is 0 Å². The van der Waals surface area contributed by atoms with Crippen molar-refractivity contribution in [1.82, 2.24) is 9.97 Å². The summed E-state index contributed by atoms with van der Waals surface area (Å²) in [6.07, 6.45) is 1.64. The van der Waals surface area contributed by atoms with E-state index in [1.54, 1.807) is 7.05 Å². The van der Waals surface area contributed by atoms with E-state index in [-0.39, 0.29) is 5.95 Å². The Morgan fingerprint density at radius 2 is 1.67 bits per heavy atom. The van der Waals surface area contributed by atoms with E-state index in [0.717, 1.165) is 26.1 Å². The lowest BCUT2D eigenvalue weighted by molar-refractivity contribution is 0.0817. The molecule has 0 fully saturated rings. The standard InChI is InChI=1S/C13H25N5O3/c1-3-19-6-4-7-20-8-5-9-21-12-10(14)11(16-2)17-13(15)18-12/h3-9,14H2,1-2H3,(H3,15,16,17,18). The lowest BCUT2D eigenvalue weighted by Gasteiger charge is -2.11. The van der Waals surface area contributed by atoms with E-state index in [0.29, 0.717) is 37.2 Å². The average molecular weight is 299 g/mol. The third-order valence-electron chi connectivity index (χ3n) is 2.62. The smallest absolute Gasteiger partial charge is 0.244 e. The molecule has 0 aliphatic carbocycles. The van der Waals surface area contributed by atoms with E-state index in [1.165, 1.54) is 0 Å². The Labute approximate surface area is 125 Å². The van der Waals surface area contributed by atoms with Crippen LogP contribution in [0.15, 0.2) is 0 Å². The summed E-state index contributed by atoms with van der Waals surface area (Å²) < 4.78 is 16.2. The van der Waals surface area contributed by atoms with Crippen LogP contribution in [0, 0.1) is 0 Å². The number of nitrogens with zero attached hydrogens (tertiary/aromatic N) is 2. The van der Waals surface area contributed by atoms with Gasteiger partial charge in [0, 0.05) is 39.9 Å². The van der Waals surface area contributed by atoms with Crippen LogP contribution in [-0.2, 0) is 9.47 Å². The normalized spacial score (nSPS) is 10.6. The molecule has 0 saturated heterocycles. The van der Waals surface area contributed by atoms with E-state index in [1.807, 2.05) is 6.92 Å². The summed E-state index contributed by atoms with van der Waals surface area (Å²) in [7, 11) is 1.71. The van der Waals surface area contributed by atoms with Crippen LogP contribution in [0.3, 0.4) is 0 Å². The first-order valence-electron chi connectivity index (χ1n) is 7.08. The zero-order valence-electron chi connectivity index (χ0n) is 12.7. The summed E-state index contributed by atoms with van der Waals surface area (Å²) in [4.78, 5) is 7.93. The quantitative estimate of drug-likeness (QED) is 0.516. The predicted molar refractivity (Wildman–Crippen MR) is 82.4 cm³/mol. The van der Waals surface area contributed by atoms with Gasteiger partial charge in [0.2, 0.25) is 11.8 Å². The Kier molecular flexibility index (Phi) is 8.22. The van der Waals surface area contributed by atoms with Gasteiger partial charge in [0.15, 0.2) is 5.82 Å². The highest BCUT2D eigenvalue weighted by Crippen LogP contribution is 2.26. The van der Waals surface area contributed by atoms with Gasteiger partial charge >= 0.3 is 0 Å². The van der Waals surface area contributed by atoms with Gasteiger partial charge in [-0.1, -0.05) is 0 Å². The summed E-state index contributed by atoms with van der Waals surface area (Å²) in [5.74, 6) is 0.878. The second-order valence-electron chi connectivity index (χ2n) is 4.26. The maximum absolute atomic E-state index is 5.86. The molecule has 1 aromatic heterocycles. The van der Waals surface area contributed by atoms with Gasteiger partial charge in [-0.25, -0.2) is 0 Å². The second kappa shape index (κ2) is 10.0.